The Morgan fingerprint density at radius 3 is 1.23 bits per heavy atom. The average Bonchev–Trinajstić information content (AvgIpc) is 3.33. The summed E-state index contributed by atoms with van der Waals surface area (Å²) in [6, 6.07) is 6.70. The Morgan fingerprint density at radius 1 is 0.500 bits per heavy atom. The predicted octanol–water partition coefficient (Wildman–Crippen LogP) is 3.09. The standard InChI is InChI=1S/C31H36F5NO11/c32-24-25(33)27(35)29(28(36)26(24)34)48-23(38)5-7-41-9-11-43-13-15-45-17-19-47-20-18-46-16-14-44-12-10-42-8-6-37-30(39)21-3-1-2-4-22(21)31(37)40/h1-4H,5-20H2. The van der Waals surface area contributed by atoms with E-state index in [1.54, 1.807) is 24.3 Å². The minimum Gasteiger partial charge on any atom is -0.420 e. The fourth-order valence-corrected chi connectivity index (χ4v) is 4.01. The SMILES string of the molecule is O=C(CCOCCOCCOCCOCCOCCOCCOCCN1C(=O)c2ccccc2C1=O)Oc1c(F)c(F)c(F)c(F)c1F. The molecule has 0 radical (unpaired) electrons. The Hall–Kier alpha value is -3.58. The van der Waals surface area contributed by atoms with Crippen molar-refractivity contribution >= 4 is 17.8 Å². The third-order valence-corrected chi connectivity index (χ3v) is 6.41. The molecule has 2 aromatic carbocycles. The number of benzene rings is 2. The normalized spacial score (nSPS) is 12.6. The molecule has 0 atom stereocenters. The molecule has 2 amide bonds. The van der Waals surface area contributed by atoms with Crippen LogP contribution in [0.15, 0.2) is 24.3 Å². The largest absolute Gasteiger partial charge is 0.420 e. The Labute approximate surface area is 272 Å². The third kappa shape index (κ3) is 12.1. The van der Waals surface area contributed by atoms with Gasteiger partial charge in [0.25, 0.3) is 11.8 Å². The van der Waals surface area contributed by atoms with E-state index in [0.717, 1.165) is 0 Å². The van der Waals surface area contributed by atoms with E-state index in [0.29, 0.717) is 64.0 Å². The quantitative estimate of drug-likeness (QED) is 0.0290. The van der Waals surface area contributed by atoms with Crippen LogP contribution in [0.5, 0.6) is 5.75 Å². The van der Waals surface area contributed by atoms with Gasteiger partial charge in [-0.1, -0.05) is 12.1 Å². The van der Waals surface area contributed by atoms with Crippen LogP contribution in [-0.2, 0) is 38.0 Å². The second-order valence-electron chi connectivity index (χ2n) is 9.72. The Balaban J connectivity index is 1.02. The maximum absolute atomic E-state index is 13.5. The highest BCUT2D eigenvalue weighted by atomic mass is 19.2. The van der Waals surface area contributed by atoms with Gasteiger partial charge in [-0.15, -0.1) is 0 Å². The molecule has 0 aromatic heterocycles. The third-order valence-electron chi connectivity index (χ3n) is 6.41. The van der Waals surface area contributed by atoms with E-state index < -0.39 is 47.2 Å². The molecule has 266 valence electrons. The first-order valence-corrected chi connectivity index (χ1v) is 15.0. The molecule has 0 saturated carbocycles. The maximum Gasteiger partial charge on any atom is 0.313 e. The van der Waals surface area contributed by atoms with Gasteiger partial charge in [0.1, 0.15) is 0 Å². The van der Waals surface area contributed by atoms with Crippen LogP contribution in [0.4, 0.5) is 22.0 Å². The molecule has 48 heavy (non-hydrogen) atoms. The lowest BCUT2D eigenvalue weighted by atomic mass is 10.1. The molecule has 0 saturated heterocycles. The summed E-state index contributed by atoms with van der Waals surface area (Å²) in [7, 11) is 0. The van der Waals surface area contributed by atoms with Crippen LogP contribution < -0.4 is 4.74 Å². The highest BCUT2D eigenvalue weighted by Gasteiger charge is 2.34. The first-order chi connectivity index (χ1) is 23.2. The molecule has 0 bridgehead atoms. The minimum absolute atomic E-state index is 0.0684. The van der Waals surface area contributed by atoms with Crippen molar-refractivity contribution in [3.05, 3.63) is 64.5 Å². The van der Waals surface area contributed by atoms with E-state index in [4.69, 9.17) is 33.2 Å². The monoisotopic (exact) mass is 693 g/mol. The smallest absolute Gasteiger partial charge is 0.313 e. The number of carbonyl (C=O) groups is 3. The van der Waals surface area contributed by atoms with Gasteiger partial charge in [0, 0.05) is 0 Å². The zero-order valence-corrected chi connectivity index (χ0v) is 26.0. The maximum atomic E-state index is 13.5. The zero-order chi connectivity index (χ0) is 34.7. The van der Waals surface area contributed by atoms with Crippen LogP contribution in [0.1, 0.15) is 27.1 Å². The summed E-state index contributed by atoms with van der Waals surface area (Å²) in [6.45, 7) is 3.74. The molecule has 0 N–H and O–H groups in total. The number of hydrogen-bond acceptors (Lipinski definition) is 11. The molecule has 0 aliphatic carbocycles. The summed E-state index contributed by atoms with van der Waals surface area (Å²) in [5, 5.41) is 0. The van der Waals surface area contributed by atoms with Gasteiger partial charge < -0.3 is 37.9 Å². The number of halogens is 5. The number of esters is 1. The van der Waals surface area contributed by atoms with E-state index in [9.17, 15) is 36.3 Å². The van der Waals surface area contributed by atoms with Gasteiger partial charge >= 0.3 is 5.97 Å². The molecule has 12 nitrogen and oxygen atoms in total. The number of rotatable bonds is 25. The number of fused-ring (bicyclic) bond motifs is 1. The molecule has 1 aliphatic rings. The van der Waals surface area contributed by atoms with Crippen molar-refractivity contribution < 1.29 is 74.2 Å². The molecular formula is C31H36F5NO11. The van der Waals surface area contributed by atoms with Crippen LogP contribution in [0.2, 0.25) is 0 Å². The lowest BCUT2D eigenvalue weighted by Crippen LogP contribution is -2.33. The number of ether oxygens (including phenoxy) is 8. The first-order valence-electron chi connectivity index (χ1n) is 15.0. The van der Waals surface area contributed by atoms with Crippen molar-refractivity contribution in [3.8, 4) is 5.75 Å². The molecule has 1 heterocycles. The summed E-state index contributed by atoms with van der Waals surface area (Å²) in [4.78, 5) is 37.4. The fourth-order valence-electron chi connectivity index (χ4n) is 4.01. The van der Waals surface area contributed by atoms with E-state index in [2.05, 4.69) is 4.74 Å². The van der Waals surface area contributed by atoms with Crippen LogP contribution in [0.3, 0.4) is 0 Å². The van der Waals surface area contributed by atoms with Crippen molar-refractivity contribution in [1.82, 2.24) is 4.90 Å². The average molecular weight is 694 g/mol. The molecule has 0 unspecified atom stereocenters. The second-order valence-corrected chi connectivity index (χ2v) is 9.72. The lowest BCUT2D eigenvalue weighted by molar-refractivity contribution is -0.136. The first kappa shape index (κ1) is 38.9. The van der Waals surface area contributed by atoms with Crippen LogP contribution in [-0.4, -0.2) is 122 Å². The van der Waals surface area contributed by atoms with Crippen LogP contribution in [0, 0.1) is 29.1 Å². The molecule has 1 aliphatic heterocycles. The summed E-state index contributed by atoms with van der Waals surface area (Å²) in [5.74, 6) is -14.8. The minimum atomic E-state index is -2.35. The number of imide groups is 1. The number of nitrogens with zero attached hydrogens (tertiary/aromatic N) is 1. The highest BCUT2D eigenvalue weighted by molar-refractivity contribution is 6.21. The van der Waals surface area contributed by atoms with Gasteiger partial charge in [-0.25, -0.2) is 13.2 Å². The van der Waals surface area contributed by atoms with Crippen molar-refractivity contribution in [3.63, 3.8) is 0 Å². The lowest BCUT2D eigenvalue weighted by Gasteiger charge is -2.13. The zero-order valence-electron chi connectivity index (χ0n) is 26.0. The molecule has 0 fully saturated rings. The summed E-state index contributed by atoms with van der Waals surface area (Å²) in [6.07, 6.45) is -0.496. The molecule has 3 rings (SSSR count). The van der Waals surface area contributed by atoms with Gasteiger partial charge in [-0.05, 0) is 12.1 Å². The summed E-state index contributed by atoms with van der Waals surface area (Å²) < 4.78 is 108. The van der Waals surface area contributed by atoms with Gasteiger partial charge in [0.15, 0.2) is 0 Å². The van der Waals surface area contributed by atoms with Crippen LogP contribution in [0.25, 0.3) is 0 Å². The predicted molar refractivity (Wildman–Crippen MR) is 154 cm³/mol. The molecule has 0 spiro atoms. The van der Waals surface area contributed by atoms with Crippen molar-refractivity contribution in [2.75, 3.05) is 99.0 Å². The fraction of sp³-hybridized carbons (Fsp3) is 0.516. The van der Waals surface area contributed by atoms with Crippen LogP contribution >= 0.6 is 0 Å². The highest BCUT2D eigenvalue weighted by Crippen LogP contribution is 2.29. The summed E-state index contributed by atoms with van der Waals surface area (Å²) in [5.41, 5.74) is 0.818. The number of hydrogen-bond donors (Lipinski definition) is 0. The number of carbonyl (C=O) groups excluding carboxylic acids is 3. The van der Waals surface area contributed by atoms with Gasteiger partial charge in [0.2, 0.25) is 34.8 Å². The Morgan fingerprint density at radius 2 is 0.833 bits per heavy atom. The van der Waals surface area contributed by atoms with E-state index in [1.165, 1.54) is 4.90 Å². The van der Waals surface area contributed by atoms with Crippen molar-refractivity contribution in [2.45, 2.75) is 6.42 Å². The topological polar surface area (TPSA) is 128 Å². The van der Waals surface area contributed by atoms with E-state index in [-0.39, 0.29) is 58.0 Å². The van der Waals surface area contributed by atoms with E-state index in [1.807, 2.05) is 0 Å². The van der Waals surface area contributed by atoms with E-state index >= 15 is 0 Å². The number of amides is 2. The molecule has 17 heteroatoms. The Kier molecular flexibility index (Phi) is 17.3. The summed E-state index contributed by atoms with van der Waals surface area (Å²) >= 11 is 0. The second kappa shape index (κ2) is 21.4. The van der Waals surface area contributed by atoms with Gasteiger partial charge in [-0.2, -0.15) is 8.78 Å². The molecular weight excluding hydrogens is 657 g/mol. The molecule has 2 aromatic rings. The Bertz CT molecular complexity index is 1290. The van der Waals surface area contributed by atoms with Crippen molar-refractivity contribution in [2.24, 2.45) is 0 Å². The van der Waals surface area contributed by atoms with Gasteiger partial charge in [0.05, 0.1) is 117 Å². The van der Waals surface area contributed by atoms with Gasteiger partial charge in [-0.3, -0.25) is 19.3 Å². The van der Waals surface area contributed by atoms with Crippen molar-refractivity contribution in [1.29, 1.82) is 0 Å².